The van der Waals surface area contributed by atoms with Crippen LogP contribution in [0.4, 0.5) is 5.69 Å². The van der Waals surface area contributed by atoms with E-state index in [2.05, 4.69) is 5.32 Å². The summed E-state index contributed by atoms with van der Waals surface area (Å²) >= 11 is 7.54. The van der Waals surface area contributed by atoms with Crippen molar-refractivity contribution >= 4 is 44.6 Å². The highest BCUT2D eigenvalue weighted by atomic mass is 35.5. The summed E-state index contributed by atoms with van der Waals surface area (Å²) in [4.78, 5) is 13.7. The van der Waals surface area contributed by atoms with Crippen LogP contribution in [0.3, 0.4) is 0 Å². The Morgan fingerprint density at radius 2 is 2.00 bits per heavy atom. The molecule has 0 spiro atoms. The number of nitrogens with one attached hydrogen (secondary N) is 1. The largest absolute Gasteiger partial charge is 0.324 e. The number of piperidine rings is 1. The number of hydrogen-bond acceptors (Lipinski definition) is 4. The topological polar surface area (TPSA) is 66.5 Å². The molecule has 5 nitrogen and oxygen atoms in total. The predicted octanol–water partition coefficient (Wildman–Crippen LogP) is 4.37. The molecule has 0 bridgehead atoms. The van der Waals surface area contributed by atoms with Crippen LogP contribution in [0, 0.1) is 26.7 Å². The normalized spacial score (nSPS) is 18.4. The van der Waals surface area contributed by atoms with Gasteiger partial charge in [0.25, 0.3) is 10.0 Å². The fourth-order valence-corrected chi connectivity index (χ4v) is 6.68. The molecule has 1 fully saturated rings. The van der Waals surface area contributed by atoms with Gasteiger partial charge in [-0.1, -0.05) is 17.7 Å². The van der Waals surface area contributed by atoms with Gasteiger partial charge in [0.15, 0.2) is 0 Å². The maximum atomic E-state index is 12.9. The van der Waals surface area contributed by atoms with Crippen molar-refractivity contribution in [2.45, 2.75) is 37.8 Å². The lowest BCUT2D eigenvalue weighted by Crippen LogP contribution is -2.43. The number of aryl methyl sites for hydroxylation is 3. The molecule has 1 atom stereocenters. The number of benzene rings is 1. The molecule has 2 heterocycles. The molecule has 1 saturated heterocycles. The number of sulfonamides is 1. The molecule has 8 heteroatoms. The first-order valence-corrected chi connectivity index (χ1v) is 11.5. The molecule has 1 aromatic heterocycles. The van der Waals surface area contributed by atoms with E-state index in [1.165, 1.54) is 15.6 Å². The monoisotopic (exact) mass is 426 g/mol. The second kappa shape index (κ2) is 7.91. The summed E-state index contributed by atoms with van der Waals surface area (Å²) in [5, 5.41) is 3.40. The summed E-state index contributed by atoms with van der Waals surface area (Å²) in [7, 11) is -3.56. The van der Waals surface area contributed by atoms with Gasteiger partial charge < -0.3 is 5.32 Å². The summed E-state index contributed by atoms with van der Waals surface area (Å²) in [6.07, 6.45) is 1.31. The van der Waals surface area contributed by atoms with E-state index in [9.17, 15) is 13.2 Å². The fraction of sp³-hybridized carbons (Fsp3) is 0.421. The number of halogens is 1. The Morgan fingerprint density at radius 1 is 1.26 bits per heavy atom. The molecule has 0 radical (unpaired) electrons. The predicted molar refractivity (Wildman–Crippen MR) is 110 cm³/mol. The van der Waals surface area contributed by atoms with E-state index >= 15 is 0 Å². The van der Waals surface area contributed by atoms with Crippen molar-refractivity contribution in [2.24, 2.45) is 5.92 Å². The van der Waals surface area contributed by atoms with Crippen LogP contribution in [-0.4, -0.2) is 31.7 Å². The second-order valence-electron chi connectivity index (χ2n) is 7.00. The number of rotatable bonds is 4. The zero-order chi connectivity index (χ0) is 19.8. The molecule has 146 valence electrons. The van der Waals surface area contributed by atoms with Gasteiger partial charge in [0, 0.05) is 18.0 Å². The number of hydrogen-bond donors (Lipinski definition) is 1. The van der Waals surface area contributed by atoms with Crippen LogP contribution in [0.25, 0.3) is 0 Å². The van der Waals surface area contributed by atoms with Crippen LogP contribution in [0.1, 0.15) is 28.8 Å². The third-order valence-electron chi connectivity index (χ3n) is 4.74. The van der Waals surface area contributed by atoms with Crippen LogP contribution < -0.4 is 5.32 Å². The lowest BCUT2D eigenvalue weighted by molar-refractivity contribution is -0.120. The summed E-state index contributed by atoms with van der Waals surface area (Å²) in [6.45, 7) is 6.34. The van der Waals surface area contributed by atoms with E-state index in [-0.39, 0.29) is 12.5 Å². The first-order valence-electron chi connectivity index (χ1n) is 8.82. The molecule has 3 rings (SSSR count). The number of nitrogens with zero attached hydrogens (tertiary/aromatic N) is 1. The van der Waals surface area contributed by atoms with Crippen molar-refractivity contribution in [3.8, 4) is 0 Å². The van der Waals surface area contributed by atoms with Crippen LogP contribution in [0.15, 0.2) is 28.5 Å². The Kier molecular flexibility index (Phi) is 5.96. The summed E-state index contributed by atoms with van der Waals surface area (Å²) in [6, 6.07) is 7.20. The Hall–Kier alpha value is -1.41. The van der Waals surface area contributed by atoms with E-state index in [0.717, 1.165) is 16.0 Å². The van der Waals surface area contributed by atoms with Crippen LogP contribution in [-0.2, 0) is 14.8 Å². The second-order valence-corrected chi connectivity index (χ2v) is 10.9. The van der Waals surface area contributed by atoms with Crippen LogP contribution in [0.2, 0.25) is 5.02 Å². The molecule has 1 aliphatic heterocycles. The number of thiophene rings is 1. The Bertz CT molecular complexity index is 946. The highest BCUT2D eigenvalue weighted by Gasteiger charge is 2.34. The Labute approximate surface area is 169 Å². The Morgan fingerprint density at radius 3 is 2.63 bits per heavy atom. The molecule has 1 N–H and O–H groups in total. The van der Waals surface area contributed by atoms with Gasteiger partial charge in [-0.3, -0.25) is 4.79 Å². The summed E-state index contributed by atoms with van der Waals surface area (Å²) in [5.74, 6) is -0.586. The highest BCUT2D eigenvalue weighted by Crippen LogP contribution is 2.31. The molecule has 1 aromatic carbocycles. The van der Waals surface area contributed by atoms with Crippen molar-refractivity contribution in [1.82, 2.24) is 4.31 Å². The maximum Gasteiger partial charge on any atom is 0.252 e. The van der Waals surface area contributed by atoms with Gasteiger partial charge in [0.2, 0.25) is 5.91 Å². The van der Waals surface area contributed by atoms with Crippen molar-refractivity contribution in [1.29, 1.82) is 0 Å². The van der Waals surface area contributed by atoms with Crippen molar-refractivity contribution < 1.29 is 13.2 Å². The van der Waals surface area contributed by atoms with Gasteiger partial charge >= 0.3 is 0 Å². The average Bonchev–Trinajstić information content (AvgIpc) is 3.05. The lowest BCUT2D eigenvalue weighted by Gasteiger charge is -2.31. The molecule has 1 unspecified atom stereocenters. The molecule has 1 amide bonds. The molecule has 0 saturated carbocycles. The van der Waals surface area contributed by atoms with Gasteiger partial charge in [-0.25, -0.2) is 8.42 Å². The van der Waals surface area contributed by atoms with Crippen LogP contribution in [0.5, 0.6) is 0 Å². The van der Waals surface area contributed by atoms with Gasteiger partial charge in [-0.15, -0.1) is 11.3 Å². The first-order chi connectivity index (χ1) is 12.7. The van der Waals surface area contributed by atoms with Crippen LogP contribution >= 0.6 is 22.9 Å². The number of carbonyl (C=O) groups is 1. The number of anilines is 1. The summed E-state index contributed by atoms with van der Waals surface area (Å²) in [5.41, 5.74) is 2.51. The zero-order valence-electron chi connectivity index (χ0n) is 15.6. The maximum absolute atomic E-state index is 12.9. The minimum absolute atomic E-state index is 0.188. The molecular formula is C19H23ClN2O3S2. The quantitative estimate of drug-likeness (QED) is 0.789. The zero-order valence-corrected chi connectivity index (χ0v) is 18.0. The van der Waals surface area contributed by atoms with Gasteiger partial charge in [0.05, 0.1) is 16.6 Å². The third-order valence-corrected chi connectivity index (χ3v) is 8.38. The van der Waals surface area contributed by atoms with Crippen molar-refractivity contribution in [3.63, 3.8) is 0 Å². The van der Waals surface area contributed by atoms with E-state index in [1.54, 1.807) is 18.2 Å². The SMILES string of the molecule is Cc1cc(C)c(NC(=O)C2CCCN(S(=O)(=O)c3ccc(C)s3)C2)c(Cl)c1. The molecule has 27 heavy (non-hydrogen) atoms. The van der Waals surface area contributed by atoms with Crippen molar-refractivity contribution in [2.75, 3.05) is 18.4 Å². The third kappa shape index (κ3) is 4.37. The van der Waals surface area contributed by atoms with E-state index < -0.39 is 15.9 Å². The van der Waals surface area contributed by atoms with Gasteiger partial charge in [0.1, 0.15) is 4.21 Å². The molecular weight excluding hydrogens is 404 g/mol. The van der Waals surface area contributed by atoms with E-state index in [4.69, 9.17) is 11.6 Å². The molecule has 0 aliphatic carbocycles. The van der Waals surface area contributed by atoms with Gasteiger partial charge in [-0.05, 0) is 62.9 Å². The van der Waals surface area contributed by atoms with E-state index in [0.29, 0.717) is 34.3 Å². The van der Waals surface area contributed by atoms with Crippen molar-refractivity contribution in [3.05, 3.63) is 45.3 Å². The number of carbonyl (C=O) groups excluding carboxylic acids is 1. The minimum atomic E-state index is -3.56. The molecule has 2 aromatic rings. The minimum Gasteiger partial charge on any atom is -0.324 e. The Balaban J connectivity index is 1.75. The molecule has 1 aliphatic rings. The van der Waals surface area contributed by atoms with E-state index in [1.807, 2.05) is 26.8 Å². The highest BCUT2D eigenvalue weighted by molar-refractivity contribution is 7.91. The smallest absolute Gasteiger partial charge is 0.252 e. The lowest BCUT2D eigenvalue weighted by atomic mass is 9.98. The average molecular weight is 427 g/mol. The fourth-order valence-electron chi connectivity index (χ4n) is 3.35. The standard InChI is InChI=1S/C19H23ClN2O3S2/c1-12-9-13(2)18(16(20)10-12)21-19(23)15-5-4-8-22(11-15)27(24,25)17-7-6-14(3)26-17/h6-7,9-10,15H,4-5,8,11H2,1-3H3,(H,21,23). The number of amides is 1. The summed E-state index contributed by atoms with van der Waals surface area (Å²) < 4.78 is 27.5. The van der Waals surface area contributed by atoms with Gasteiger partial charge in [-0.2, -0.15) is 4.31 Å². The first kappa shape index (κ1) is 20.3.